The third kappa shape index (κ3) is 4.51. The van der Waals surface area contributed by atoms with E-state index in [2.05, 4.69) is 10.2 Å². The Morgan fingerprint density at radius 1 is 1.19 bits per heavy atom. The number of carbonyl (C=O) groups is 1. The van der Waals surface area contributed by atoms with Gasteiger partial charge in [-0.3, -0.25) is 4.79 Å². The van der Waals surface area contributed by atoms with E-state index < -0.39 is 0 Å². The summed E-state index contributed by atoms with van der Waals surface area (Å²) >= 11 is 7.51. The molecule has 2 aromatic carbocycles. The highest BCUT2D eigenvalue weighted by atomic mass is 35.5. The number of aromatic nitrogens is 3. The van der Waals surface area contributed by atoms with E-state index in [1.54, 1.807) is 24.8 Å². The molecule has 0 atom stereocenters. The van der Waals surface area contributed by atoms with Gasteiger partial charge in [0.05, 0.1) is 6.61 Å². The van der Waals surface area contributed by atoms with Crippen molar-refractivity contribution in [2.45, 2.75) is 24.8 Å². The third-order valence-electron chi connectivity index (χ3n) is 4.06. The Bertz CT molecular complexity index is 954. The van der Waals surface area contributed by atoms with Gasteiger partial charge in [-0.25, -0.2) is 0 Å². The molecular weight excluding hydrogens is 382 g/mol. The van der Waals surface area contributed by atoms with Crippen molar-refractivity contribution in [1.82, 2.24) is 14.8 Å². The number of Topliss-reactive ketones (excluding diaryl/α,β-unsaturated/α-hetero) is 1. The van der Waals surface area contributed by atoms with Crippen molar-refractivity contribution in [3.8, 4) is 17.1 Å². The molecule has 3 aromatic rings. The van der Waals surface area contributed by atoms with Crippen molar-refractivity contribution >= 4 is 29.1 Å². The molecule has 1 aromatic heterocycles. The molecule has 0 radical (unpaired) electrons. The maximum absolute atomic E-state index is 11.7. The van der Waals surface area contributed by atoms with E-state index in [0.717, 1.165) is 27.9 Å². The van der Waals surface area contributed by atoms with Crippen LogP contribution in [0, 0.1) is 0 Å². The van der Waals surface area contributed by atoms with Gasteiger partial charge in [0.25, 0.3) is 0 Å². The molecule has 0 unspecified atom stereocenters. The Labute approximate surface area is 167 Å². The van der Waals surface area contributed by atoms with Crippen LogP contribution in [0.1, 0.15) is 29.8 Å². The number of hydrogen-bond donors (Lipinski definition) is 0. The molecule has 0 N–H and O–H groups in total. The van der Waals surface area contributed by atoms with E-state index in [9.17, 15) is 4.79 Å². The van der Waals surface area contributed by atoms with E-state index >= 15 is 0 Å². The van der Waals surface area contributed by atoms with Crippen molar-refractivity contribution in [1.29, 1.82) is 0 Å². The molecule has 0 saturated carbocycles. The van der Waals surface area contributed by atoms with Gasteiger partial charge >= 0.3 is 0 Å². The van der Waals surface area contributed by atoms with Crippen molar-refractivity contribution in [2.24, 2.45) is 7.05 Å². The number of ketones is 1. The van der Waals surface area contributed by atoms with Gasteiger partial charge in [-0.05, 0) is 56.3 Å². The molecule has 3 rings (SSSR count). The first-order valence-electron chi connectivity index (χ1n) is 8.54. The Balaban J connectivity index is 1.82. The Hall–Kier alpha value is -2.31. The third-order valence-corrected chi connectivity index (χ3v) is 5.38. The molecule has 0 aliphatic heterocycles. The monoisotopic (exact) mass is 401 g/mol. The van der Waals surface area contributed by atoms with Crippen LogP contribution in [-0.2, 0) is 12.8 Å². The molecule has 5 nitrogen and oxygen atoms in total. The van der Waals surface area contributed by atoms with Crippen LogP contribution in [0.3, 0.4) is 0 Å². The van der Waals surface area contributed by atoms with Gasteiger partial charge in [0, 0.05) is 34.5 Å². The second-order valence-corrected chi connectivity index (χ2v) is 7.35. The number of rotatable bonds is 7. The number of nitrogens with zero attached hydrogens (tertiary/aromatic N) is 3. The number of hydrogen-bond acceptors (Lipinski definition) is 5. The second kappa shape index (κ2) is 8.59. The predicted octanol–water partition coefficient (Wildman–Crippen LogP) is 5.03. The lowest BCUT2D eigenvalue weighted by atomic mass is 10.1. The first-order valence-corrected chi connectivity index (χ1v) is 9.90. The van der Waals surface area contributed by atoms with E-state index in [4.69, 9.17) is 16.3 Å². The largest absolute Gasteiger partial charge is 0.494 e. The lowest BCUT2D eigenvalue weighted by Crippen LogP contribution is -2.00. The summed E-state index contributed by atoms with van der Waals surface area (Å²) in [4.78, 5) is 11.7. The van der Waals surface area contributed by atoms with Crippen LogP contribution in [-0.4, -0.2) is 27.2 Å². The summed E-state index contributed by atoms with van der Waals surface area (Å²) in [6.07, 6.45) is 0. The highest BCUT2D eigenvalue weighted by Crippen LogP contribution is 2.30. The zero-order chi connectivity index (χ0) is 19.4. The fourth-order valence-corrected chi connectivity index (χ4v) is 3.66. The Morgan fingerprint density at radius 2 is 1.93 bits per heavy atom. The maximum atomic E-state index is 11.7. The van der Waals surface area contributed by atoms with Gasteiger partial charge in [-0.2, -0.15) is 0 Å². The number of halogens is 1. The van der Waals surface area contributed by atoms with Crippen molar-refractivity contribution in [3.63, 3.8) is 0 Å². The summed E-state index contributed by atoms with van der Waals surface area (Å²) in [6, 6.07) is 13.0. The van der Waals surface area contributed by atoms with Crippen LogP contribution >= 0.6 is 23.4 Å². The smallest absolute Gasteiger partial charge is 0.191 e. The van der Waals surface area contributed by atoms with Crippen molar-refractivity contribution in [3.05, 3.63) is 58.6 Å². The summed E-state index contributed by atoms with van der Waals surface area (Å²) in [6.45, 7) is 4.08. The van der Waals surface area contributed by atoms with Gasteiger partial charge in [0.15, 0.2) is 16.8 Å². The lowest BCUT2D eigenvalue weighted by molar-refractivity contribution is 0.101. The van der Waals surface area contributed by atoms with Crippen LogP contribution in [0.25, 0.3) is 11.4 Å². The molecule has 0 aliphatic carbocycles. The van der Waals surface area contributed by atoms with E-state index in [-0.39, 0.29) is 5.78 Å². The highest BCUT2D eigenvalue weighted by Gasteiger charge is 2.14. The summed E-state index contributed by atoms with van der Waals surface area (Å²) in [7, 11) is 1.93. The van der Waals surface area contributed by atoms with Gasteiger partial charge in [-0.15, -0.1) is 10.2 Å². The molecule has 0 bridgehead atoms. The van der Waals surface area contributed by atoms with Crippen molar-refractivity contribution in [2.75, 3.05) is 6.61 Å². The molecule has 140 valence electrons. The minimum absolute atomic E-state index is 0.0352. The minimum Gasteiger partial charge on any atom is -0.494 e. The number of thioether (sulfide) groups is 1. The number of ether oxygens (including phenoxy) is 1. The van der Waals surface area contributed by atoms with Gasteiger partial charge in [-0.1, -0.05) is 23.4 Å². The molecule has 1 heterocycles. The zero-order valence-corrected chi connectivity index (χ0v) is 17.0. The summed E-state index contributed by atoms with van der Waals surface area (Å²) < 4.78 is 7.64. The van der Waals surface area contributed by atoms with Crippen LogP contribution in [0.15, 0.2) is 47.6 Å². The Kier molecular flexibility index (Phi) is 6.19. The molecule has 0 fully saturated rings. The molecule has 0 amide bonds. The number of carbonyl (C=O) groups excluding carboxylic acids is 1. The standard InChI is InChI=1S/C20H20ClN3O2S/c1-4-26-18-10-7-15(13(2)25)11-16(18)12-27-20-23-22-19(24(20)3)14-5-8-17(21)9-6-14/h5-11H,4,12H2,1-3H3. The fraction of sp³-hybridized carbons (Fsp3) is 0.250. The van der Waals surface area contributed by atoms with E-state index in [1.165, 1.54) is 0 Å². The molecule has 0 aliphatic rings. The van der Waals surface area contributed by atoms with E-state index in [1.807, 2.05) is 54.9 Å². The minimum atomic E-state index is 0.0352. The van der Waals surface area contributed by atoms with Gasteiger partial charge in [0.2, 0.25) is 0 Å². The molecule has 7 heteroatoms. The first-order chi connectivity index (χ1) is 13.0. The molecule has 27 heavy (non-hydrogen) atoms. The quantitative estimate of drug-likeness (QED) is 0.410. The lowest BCUT2D eigenvalue weighted by Gasteiger charge is -2.11. The maximum Gasteiger partial charge on any atom is 0.191 e. The van der Waals surface area contributed by atoms with Gasteiger partial charge < -0.3 is 9.30 Å². The fourth-order valence-electron chi connectivity index (χ4n) is 2.64. The molecule has 0 spiro atoms. The SMILES string of the molecule is CCOc1ccc(C(C)=O)cc1CSc1nnc(-c2ccc(Cl)cc2)n1C. The summed E-state index contributed by atoms with van der Waals surface area (Å²) in [5.41, 5.74) is 2.59. The van der Waals surface area contributed by atoms with Crippen LogP contribution in [0.2, 0.25) is 5.02 Å². The topological polar surface area (TPSA) is 57.0 Å². The van der Waals surface area contributed by atoms with Crippen LogP contribution in [0.5, 0.6) is 5.75 Å². The normalized spacial score (nSPS) is 10.8. The second-order valence-electron chi connectivity index (χ2n) is 5.97. The highest BCUT2D eigenvalue weighted by molar-refractivity contribution is 7.98. The zero-order valence-electron chi connectivity index (χ0n) is 15.4. The predicted molar refractivity (Wildman–Crippen MR) is 109 cm³/mol. The average molecular weight is 402 g/mol. The van der Waals surface area contributed by atoms with Crippen molar-refractivity contribution < 1.29 is 9.53 Å². The number of benzene rings is 2. The average Bonchev–Trinajstić information content (AvgIpc) is 3.02. The first kappa shape index (κ1) is 19.5. The van der Waals surface area contributed by atoms with E-state index in [0.29, 0.717) is 22.9 Å². The van der Waals surface area contributed by atoms with Gasteiger partial charge in [0.1, 0.15) is 5.75 Å². The van der Waals surface area contributed by atoms with Crippen LogP contribution < -0.4 is 4.74 Å². The molecular formula is C20H20ClN3O2S. The molecule has 0 saturated heterocycles. The summed E-state index contributed by atoms with van der Waals surface area (Å²) in [5.74, 6) is 2.23. The summed E-state index contributed by atoms with van der Waals surface area (Å²) in [5, 5.41) is 10.1. The Morgan fingerprint density at radius 3 is 2.59 bits per heavy atom. The van der Waals surface area contributed by atoms with Crippen LogP contribution in [0.4, 0.5) is 0 Å².